The summed E-state index contributed by atoms with van der Waals surface area (Å²) in [7, 11) is 1.65. The summed E-state index contributed by atoms with van der Waals surface area (Å²) in [6.07, 6.45) is 6.02. The third-order valence-corrected chi connectivity index (χ3v) is 7.79. The van der Waals surface area contributed by atoms with Gasteiger partial charge in [-0.25, -0.2) is 9.80 Å². The first kappa shape index (κ1) is 28.9. The van der Waals surface area contributed by atoms with E-state index < -0.39 is 6.09 Å². The minimum Gasteiger partial charge on any atom is -0.493 e. The van der Waals surface area contributed by atoms with Crippen LogP contribution in [-0.2, 0) is 16.1 Å². The first-order valence-electron chi connectivity index (χ1n) is 14.8. The zero-order valence-electron chi connectivity index (χ0n) is 23.9. The number of benzene rings is 2. The van der Waals surface area contributed by atoms with E-state index in [0.29, 0.717) is 37.4 Å². The second kappa shape index (κ2) is 14.3. The van der Waals surface area contributed by atoms with Gasteiger partial charge in [0.2, 0.25) is 5.91 Å². The van der Waals surface area contributed by atoms with Crippen molar-refractivity contribution in [1.82, 2.24) is 15.2 Å². The number of methoxy groups -OCH3 is 1. The van der Waals surface area contributed by atoms with E-state index in [-0.39, 0.29) is 12.0 Å². The lowest BCUT2D eigenvalue weighted by molar-refractivity contribution is -0.132. The van der Waals surface area contributed by atoms with Gasteiger partial charge in [-0.15, -0.1) is 0 Å². The molecule has 0 unspecified atom stereocenters. The van der Waals surface area contributed by atoms with Crippen LogP contribution in [-0.4, -0.2) is 80.2 Å². The Morgan fingerprint density at radius 3 is 2.59 bits per heavy atom. The van der Waals surface area contributed by atoms with Gasteiger partial charge >= 0.3 is 6.09 Å². The molecule has 2 heterocycles. The fraction of sp³-hybridized carbons (Fsp3) is 0.516. The average Bonchev–Trinajstić information content (AvgIpc) is 3.51. The van der Waals surface area contributed by atoms with Crippen molar-refractivity contribution in [3.05, 3.63) is 53.6 Å². The number of carbonyl (C=O) groups is 2. The van der Waals surface area contributed by atoms with Crippen molar-refractivity contribution in [2.24, 2.45) is 5.10 Å². The van der Waals surface area contributed by atoms with Crippen LogP contribution in [0.15, 0.2) is 47.6 Å². The summed E-state index contributed by atoms with van der Waals surface area (Å²) in [4.78, 5) is 27.3. The molecule has 10 heteroatoms. The number of carbonyl (C=O) groups excluding carboxylic acids is 2. The fourth-order valence-electron chi connectivity index (χ4n) is 5.47. The Hall–Kier alpha value is -3.63. The highest BCUT2D eigenvalue weighted by Crippen LogP contribution is 2.33. The highest BCUT2D eigenvalue weighted by molar-refractivity contribution is 6.04. The molecule has 2 aromatic rings. The number of nitrogens with one attached hydrogen (secondary N) is 2. The Bertz CT molecular complexity index is 1210. The Kier molecular flexibility index (Phi) is 10.1. The number of rotatable bonds is 11. The van der Waals surface area contributed by atoms with Crippen molar-refractivity contribution in [3.8, 4) is 11.5 Å². The first-order valence-corrected chi connectivity index (χ1v) is 14.8. The van der Waals surface area contributed by atoms with Crippen LogP contribution in [0.5, 0.6) is 11.5 Å². The minimum atomic E-state index is -0.464. The highest BCUT2D eigenvalue weighted by Gasteiger charge is 2.24. The third-order valence-electron chi connectivity index (χ3n) is 7.79. The Balaban J connectivity index is 1.14. The van der Waals surface area contributed by atoms with Crippen LogP contribution >= 0.6 is 0 Å². The lowest BCUT2D eigenvalue weighted by Gasteiger charge is -2.26. The van der Waals surface area contributed by atoms with E-state index in [1.54, 1.807) is 7.11 Å². The molecule has 1 saturated carbocycles. The Morgan fingerprint density at radius 2 is 1.83 bits per heavy atom. The number of hydrogen-bond acceptors (Lipinski definition) is 8. The molecule has 220 valence electrons. The van der Waals surface area contributed by atoms with Crippen molar-refractivity contribution in [3.63, 3.8) is 0 Å². The number of hydrogen-bond donors (Lipinski definition) is 2. The van der Waals surface area contributed by atoms with Crippen LogP contribution in [0, 0.1) is 0 Å². The molecule has 0 atom stereocenters. The normalized spacial score (nSPS) is 18.2. The smallest absolute Gasteiger partial charge is 0.411 e. The van der Waals surface area contributed by atoms with E-state index >= 15 is 0 Å². The van der Waals surface area contributed by atoms with Gasteiger partial charge in [0.1, 0.15) is 0 Å². The number of anilines is 1. The Morgan fingerprint density at radius 1 is 1.05 bits per heavy atom. The molecule has 2 fully saturated rings. The molecule has 1 saturated heterocycles. The molecule has 1 aliphatic carbocycles. The summed E-state index contributed by atoms with van der Waals surface area (Å²) in [5.41, 5.74) is 3.34. The van der Waals surface area contributed by atoms with Gasteiger partial charge in [0.25, 0.3) is 0 Å². The van der Waals surface area contributed by atoms with E-state index in [0.717, 1.165) is 74.6 Å². The molecule has 0 spiro atoms. The van der Waals surface area contributed by atoms with E-state index in [9.17, 15) is 9.59 Å². The molecular formula is C31H41N5O5. The molecule has 41 heavy (non-hydrogen) atoms. The number of amides is 2. The van der Waals surface area contributed by atoms with E-state index in [2.05, 4.69) is 15.5 Å². The van der Waals surface area contributed by atoms with Gasteiger partial charge < -0.3 is 24.4 Å². The second-order valence-corrected chi connectivity index (χ2v) is 10.8. The van der Waals surface area contributed by atoms with E-state index in [1.807, 2.05) is 42.5 Å². The molecular weight excluding hydrogens is 522 g/mol. The lowest BCUT2D eigenvalue weighted by Crippen LogP contribution is -2.43. The van der Waals surface area contributed by atoms with E-state index in [4.69, 9.17) is 19.3 Å². The Labute approximate surface area is 242 Å². The van der Waals surface area contributed by atoms with Crippen LogP contribution in [0.25, 0.3) is 0 Å². The van der Waals surface area contributed by atoms with Crippen LogP contribution < -0.4 is 20.1 Å². The van der Waals surface area contributed by atoms with Gasteiger partial charge in [-0.05, 0) is 68.0 Å². The van der Waals surface area contributed by atoms with Crippen molar-refractivity contribution < 1.29 is 23.8 Å². The molecule has 2 N–H and O–H groups in total. The second-order valence-electron chi connectivity index (χ2n) is 10.8. The third kappa shape index (κ3) is 8.20. The van der Waals surface area contributed by atoms with Crippen LogP contribution in [0.2, 0.25) is 0 Å². The predicted octanol–water partition coefficient (Wildman–Crippen LogP) is 4.39. The summed E-state index contributed by atoms with van der Waals surface area (Å²) in [5, 5.41) is 12.3. The molecule has 5 rings (SSSR count). The standard InChI is InChI=1S/C31H41N5O5/c1-39-28-13-9-24(21-29(28)41-26-5-2-3-6-26)27-12-14-30(37)36(34-27)22-23-7-10-25(11-8-23)33-31(38)40-20-4-17-35-18-15-32-16-19-35/h7-11,13,21,26,32H,2-6,12,14-20,22H2,1H3,(H,33,38). The summed E-state index contributed by atoms with van der Waals surface area (Å²) in [5.74, 6) is 1.42. The van der Waals surface area contributed by atoms with Crippen LogP contribution in [0.4, 0.5) is 10.5 Å². The molecule has 0 aromatic heterocycles. The van der Waals surface area contributed by atoms with Crippen LogP contribution in [0.1, 0.15) is 56.1 Å². The monoisotopic (exact) mass is 563 g/mol. The molecule has 2 aliphatic heterocycles. The van der Waals surface area contributed by atoms with Crippen molar-refractivity contribution in [2.75, 3.05) is 51.8 Å². The zero-order valence-corrected chi connectivity index (χ0v) is 23.9. The summed E-state index contributed by atoms with van der Waals surface area (Å²) in [6.45, 7) is 5.75. The summed E-state index contributed by atoms with van der Waals surface area (Å²) in [6, 6.07) is 13.3. The number of ether oxygens (including phenoxy) is 3. The first-order chi connectivity index (χ1) is 20.1. The van der Waals surface area contributed by atoms with Gasteiger partial charge in [-0.1, -0.05) is 12.1 Å². The van der Waals surface area contributed by atoms with Crippen molar-refractivity contribution in [2.45, 2.75) is 57.6 Å². The molecule has 0 radical (unpaired) electrons. The largest absolute Gasteiger partial charge is 0.493 e. The maximum atomic E-state index is 12.7. The SMILES string of the molecule is COc1ccc(C2=NN(Cc3ccc(NC(=O)OCCCN4CCNCC4)cc3)C(=O)CC2)cc1OC1CCCC1. The number of piperazine rings is 1. The van der Waals surface area contributed by atoms with Crippen LogP contribution in [0.3, 0.4) is 0 Å². The molecule has 2 amide bonds. The number of nitrogens with zero attached hydrogens (tertiary/aromatic N) is 3. The maximum Gasteiger partial charge on any atom is 0.411 e. The van der Waals surface area contributed by atoms with Crippen molar-refractivity contribution >= 4 is 23.4 Å². The topological polar surface area (TPSA) is 105 Å². The van der Waals surface area contributed by atoms with Gasteiger partial charge in [-0.3, -0.25) is 10.1 Å². The zero-order chi connectivity index (χ0) is 28.4. The summed E-state index contributed by atoms with van der Waals surface area (Å²) >= 11 is 0. The average molecular weight is 564 g/mol. The van der Waals surface area contributed by atoms with Crippen molar-refractivity contribution in [1.29, 1.82) is 0 Å². The molecule has 3 aliphatic rings. The predicted molar refractivity (Wildman–Crippen MR) is 158 cm³/mol. The minimum absolute atomic E-state index is 0.0173. The number of hydrazone groups is 1. The highest BCUT2D eigenvalue weighted by atomic mass is 16.5. The molecule has 10 nitrogen and oxygen atoms in total. The van der Waals surface area contributed by atoms with E-state index in [1.165, 1.54) is 17.9 Å². The van der Waals surface area contributed by atoms with Gasteiger partial charge in [-0.2, -0.15) is 5.10 Å². The molecule has 2 aromatic carbocycles. The van der Waals surface area contributed by atoms with Gasteiger partial charge in [0.05, 0.1) is 32.1 Å². The fourth-order valence-corrected chi connectivity index (χ4v) is 5.47. The lowest BCUT2D eigenvalue weighted by atomic mass is 10.0. The van der Waals surface area contributed by atoms with Gasteiger partial charge in [0.15, 0.2) is 11.5 Å². The van der Waals surface area contributed by atoms with Gasteiger partial charge in [0, 0.05) is 56.8 Å². The maximum absolute atomic E-state index is 12.7. The molecule has 0 bridgehead atoms. The quantitative estimate of drug-likeness (QED) is 0.391. The summed E-state index contributed by atoms with van der Waals surface area (Å²) < 4.78 is 17.1.